The molecule has 0 amide bonds. The maximum Gasteiger partial charge on any atom is 0.280 e. The van der Waals surface area contributed by atoms with Crippen LogP contribution in [0.25, 0.3) is 0 Å². The van der Waals surface area contributed by atoms with Crippen molar-refractivity contribution >= 4 is 43.3 Å². The van der Waals surface area contributed by atoms with Crippen molar-refractivity contribution in [2.45, 2.75) is 11.8 Å². The van der Waals surface area contributed by atoms with Crippen molar-refractivity contribution in [3.63, 3.8) is 0 Å². The number of nitrogens with zero attached hydrogens (tertiary/aromatic N) is 1. The Bertz CT molecular complexity index is 421. The summed E-state index contributed by atoms with van der Waals surface area (Å²) in [6, 6.07) is 4.58. The average Bonchev–Trinajstić information content (AvgIpc) is 2.28. The van der Waals surface area contributed by atoms with E-state index in [0.717, 1.165) is 5.56 Å². The predicted molar refractivity (Wildman–Crippen MR) is 68.5 cm³/mol. The lowest BCUT2D eigenvalue weighted by Crippen LogP contribution is -2.05. The van der Waals surface area contributed by atoms with Gasteiger partial charge in [-0.25, -0.2) is 0 Å². The van der Waals surface area contributed by atoms with Crippen LogP contribution in [0.15, 0.2) is 18.2 Å². The molecular weight excluding hydrogens is 342 g/mol. The first-order valence-corrected chi connectivity index (χ1v) is 6.77. The number of carbonyl (C=O) groups excluding carboxylic acids is 1. The summed E-state index contributed by atoms with van der Waals surface area (Å²) in [5.74, 6) is -0.216. The molecule has 0 bridgehead atoms. The largest absolute Gasteiger partial charge is 0.294 e. The number of hydrogen-bond donors (Lipinski definition) is 0. The van der Waals surface area contributed by atoms with Gasteiger partial charge in [0.1, 0.15) is 0 Å². The van der Waals surface area contributed by atoms with Gasteiger partial charge in [0.2, 0.25) is 0 Å². The molecular formula is C10H9Br2NO3. The van der Waals surface area contributed by atoms with Crippen LogP contribution >= 0.6 is 31.9 Å². The minimum absolute atomic E-state index is 0.129. The topological polar surface area (TPSA) is 60.2 Å². The molecule has 0 heterocycles. The molecule has 0 fully saturated rings. The maximum atomic E-state index is 11.7. The number of rotatable bonds is 5. The quantitative estimate of drug-likeness (QED) is 0.353. The van der Waals surface area contributed by atoms with E-state index in [2.05, 4.69) is 31.9 Å². The van der Waals surface area contributed by atoms with E-state index in [-0.39, 0.29) is 23.5 Å². The fourth-order valence-electron chi connectivity index (χ4n) is 1.27. The summed E-state index contributed by atoms with van der Waals surface area (Å²) in [5, 5.41) is 11.8. The van der Waals surface area contributed by atoms with E-state index in [1.807, 2.05) is 0 Å². The third-order valence-corrected chi connectivity index (χ3v) is 3.08. The van der Waals surface area contributed by atoms with Gasteiger partial charge in [0, 0.05) is 23.1 Å². The number of carbonyl (C=O) groups is 1. The van der Waals surface area contributed by atoms with E-state index >= 15 is 0 Å². The van der Waals surface area contributed by atoms with E-state index in [9.17, 15) is 14.9 Å². The molecule has 86 valence electrons. The smallest absolute Gasteiger partial charge is 0.280 e. The summed E-state index contributed by atoms with van der Waals surface area (Å²) >= 11 is 6.40. The van der Waals surface area contributed by atoms with Crippen molar-refractivity contribution in [1.29, 1.82) is 0 Å². The van der Waals surface area contributed by atoms with Gasteiger partial charge >= 0.3 is 0 Å². The lowest BCUT2D eigenvalue weighted by atomic mass is 10.0. The molecule has 1 rings (SSSR count). The van der Waals surface area contributed by atoms with Crippen LogP contribution in [0.5, 0.6) is 0 Å². The van der Waals surface area contributed by atoms with Crippen LogP contribution in [0.2, 0.25) is 0 Å². The molecule has 0 aliphatic rings. The van der Waals surface area contributed by atoms with Gasteiger partial charge in [-0.3, -0.25) is 14.9 Å². The summed E-state index contributed by atoms with van der Waals surface area (Å²) in [7, 11) is 0. The first-order chi connectivity index (χ1) is 7.60. The molecule has 0 aromatic heterocycles. The fourth-order valence-corrected chi connectivity index (χ4v) is 1.98. The number of Topliss-reactive ketones (excluding diaryl/α,β-unsaturated/α-hetero) is 1. The van der Waals surface area contributed by atoms with E-state index in [0.29, 0.717) is 10.7 Å². The Kier molecular flexibility index (Phi) is 5.08. The molecule has 0 radical (unpaired) electrons. The van der Waals surface area contributed by atoms with Crippen LogP contribution in [0, 0.1) is 10.1 Å². The van der Waals surface area contributed by atoms with Gasteiger partial charge in [-0.1, -0.05) is 37.9 Å². The first kappa shape index (κ1) is 13.3. The van der Waals surface area contributed by atoms with Crippen LogP contribution < -0.4 is 0 Å². The molecule has 1 aromatic carbocycles. The Morgan fingerprint density at radius 3 is 2.56 bits per heavy atom. The monoisotopic (exact) mass is 349 g/mol. The van der Waals surface area contributed by atoms with Gasteiger partial charge in [-0.15, -0.1) is 0 Å². The van der Waals surface area contributed by atoms with Crippen LogP contribution in [-0.4, -0.2) is 16.0 Å². The van der Waals surface area contributed by atoms with Crippen LogP contribution in [0.4, 0.5) is 5.69 Å². The Labute approximate surface area is 109 Å². The molecule has 0 aliphatic carbocycles. The molecule has 0 unspecified atom stereocenters. The second kappa shape index (κ2) is 6.10. The second-order valence-electron chi connectivity index (χ2n) is 3.10. The molecule has 0 saturated heterocycles. The Hall–Kier alpha value is -0.750. The van der Waals surface area contributed by atoms with Crippen LogP contribution in [0.3, 0.4) is 0 Å². The van der Waals surface area contributed by atoms with Gasteiger partial charge in [0.25, 0.3) is 5.69 Å². The molecule has 4 nitrogen and oxygen atoms in total. The van der Waals surface area contributed by atoms with Crippen molar-refractivity contribution in [2.75, 3.05) is 5.33 Å². The van der Waals surface area contributed by atoms with E-state index in [4.69, 9.17) is 0 Å². The number of nitro groups is 1. The number of halogens is 2. The van der Waals surface area contributed by atoms with E-state index < -0.39 is 4.92 Å². The van der Waals surface area contributed by atoms with Gasteiger partial charge < -0.3 is 0 Å². The van der Waals surface area contributed by atoms with E-state index in [1.54, 1.807) is 12.1 Å². The molecule has 0 spiro atoms. The molecule has 0 N–H and O–H groups in total. The highest BCUT2D eigenvalue weighted by Crippen LogP contribution is 2.22. The summed E-state index contributed by atoms with van der Waals surface area (Å²) < 4.78 is 0. The molecule has 16 heavy (non-hydrogen) atoms. The standard InChI is InChI=1S/C10H9Br2NO3/c11-4-3-10(14)8-5-7(6-12)1-2-9(8)13(15)16/h1-2,5H,3-4,6H2. The fraction of sp³-hybridized carbons (Fsp3) is 0.300. The zero-order valence-corrected chi connectivity index (χ0v) is 11.5. The lowest BCUT2D eigenvalue weighted by Gasteiger charge is -2.03. The van der Waals surface area contributed by atoms with Crippen LogP contribution in [0.1, 0.15) is 22.3 Å². The SMILES string of the molecule is O=C(CCBr)c1cc(CBr)ccc1[N+](=O)[O-]. The molecule has 0 aliphatic heterocycles. The van der Waals surface area contributed by atoms with Gasteiger partial charge in [-0.05, 0) is 11.6 Å². The van der Waals surface area contributed by atoms with Gasteiger partial charge in [-0.2, -0.15) is 0 Å². The lowest BCUT2D eigenvalue weighted by molar-refractivity contribution is -0.385. The normalized spacial score (nSPS) is 10.1. The minimum Gasteiger partial charge on any atom is -0.294 e. The summed E-state index contributed by atoms with van der Waals surface area (Å²) in [6.45, 7) is 0. The van der Waals surface area contributed by atoms with Crippen molar-refractivity contribution in [3.05, 3.63) is 39.4 Å². The molecule has 1 aromatic rings. The zero-order valence-electron chi connectivity index (χ0n) is 8.28. The highest BCUT2D eigenvalue weighted by atomic mass is 79.9. The molecule has 0 saturated carbocycles. The van der Waals surface area contributed by atoms with Crippen molar-refractivity contribution < 1.29 is 9.72 Å². The summed E-state index contributed by atoms with van der Waals surface area (Å²) in [4.78, 5) is 21.9. The van der Waals surface area contributed by atoms with Crippen molar-refractivity contribution in [3.8, 4) is 0 Å². The number of benzene rings is 1. The molecule has 0 atom stereocenters. The Balaban J connectivity index is 3.20. The Morgan fingerprint density at radius 1 is 1.38 bits per heavy atom. The maximum absolute atomic E-state index is 11.7. The number of alkyl halides is 2. The van der Waals surface area contributed by atoms with Gasteiger partial charge in [0.05, 0.1) is 10.5 Å². The van der Waals surface area contributed by atoms with Crippen molar-refractivity contribution in [2.24, 2.45) is 0 Å². The predicted octanol–water partition coefficient (Wildman–Crippen LogP) is 3.46. The summed E-state index contributed by atoms with van der Waals surface area (Å²) in [5.41, 5.74) is 0.903. The minimum atomic E-state index is -0.528. The zero-order chi connectivity index (χ0) is 12.1. The highest BCUT2D eigenvalue weighted by molar-refractivity contribution is 9.09. The Morgan fingerprint density at radius 2 is 2.06 bits per heavy atom. The van der Waals surface area contributed by atoms with Gasteiger partial charge in [0.15, 0.2) is 5.78 Å². The third kappa shape index (κ3) is 3.12. The first-order valence-electron chi connectivity index (χ1n) is 4.52. The number of nitro benzene ring substituents is 1. The number of ketones is 1. The number of hydrogen-bond acceptors (Lipinski definition) is 3. The van der Waals surface area contributed by atoms with Crippen molar-refractivity contribution in [1.82, 2.24) is 0 Å². The third-order valence-electron chi connectivity index (χ3n) is 2.03. The van der Waals surface area contributed by atoms with Crippen LogP contribution in [-0.2, 0) is 5.33 Å². The van der Waals surface area contributed by atoms with E-state index in [1.165, 1.54) is 6.07 Å². The summed E-state index contributed by atoms with van der Waals surface area (Å²) in [6.07, 6.45) is 0.257. The average molecular weight is 351 g/mol. The highest BCUT2D eigenvalue weighted by Gasteiger charge is 2.19. The second-order valence-corrected chi connectivity index (χ2v) is 4.46. The molecule has 6 heteroatoms.